The number of anilines is 1. The van der Waals surface area contributed by atoms with Gasteiger partial charge in [0.15, 0.2) is 0 Å². The molecule has 6 nitrogen and oxygen atoms in total. The number of aryl methyl sites for hydroxylation is 2. The Kier molecular flexibility index (Phi) is 3.90. The van der Waals surface area contributed by atoms with Gasteiger partial charge in [-0.1, -0.05) is 5.16 Å². The molecule has 0 saturated heterocycles. The number of esters is 1. The number of carbonyl (C=O) groups excluding carboxylic acids is 2. The van der Waals surface area contributed by atoms with Crippen LogP contribution in [-0.2, 0) is 22.4 Å². The number of hydrogen-bond donors (Lipinski definition) is 0. The molecular weight excluding hydrogens is 296 g/mol. The first kappa shape index (κ1) is 15.3. The van der Waals surface area contributed by atoms with Gasteiger partial charge in [-0.15, -0.1) is 0 Å². The number of methoxy groups -OCH3 is 1. The van der Waals surface area contributed by atoms with Gasteiger partial charge in [0.2, 0.25) is 5.91 Å². The van der Waals surface area contributed by atoms with Gasteiger partial charge in [-0.2, -0.15) is 0 Å². The monoisotopic (exact) mass is 314 g/mol. The molecule has 6 heteroatoms. The summed E-state index contributed by atoms with van der Waals surface area (Å²) in [6.45, 7) is 4.25. The molecule has 0 aliphatic carbocycles. The second kappa shape index (κ2) is 5.87. The van der Waals surface area contributed by atoms with Crippen LogP contribution in [0, 0.1) is 13.8 Å². The summed E-state index contributed by atoms with van der Waals surface area (Å²) in [5.74, 6) is 0.313. The highest BCUT2D eigenvalue weighted by Crippen LogP contribution is 2.30. The molecule has 0 radical (unpaired) electrons. The first-order valence-corrected chi connectivity index (χ1v) is 7.44. The molecule has 0 N–H and O–H groups in total. The molecule has 23 heavy (non-hydrogen) atoms. The Labute approximate surface area is 134 Å². The van der Waals surface area contributed by atoms with E-state index in [0.29, 0.717) is 17.9 Å². The molecule has 0 saturated carbocycles. The molecule has 0 bridgehead atoms. The topological polar surface area (TPSA) is 72.6 Å². The van der Waals surface area contributed by atoms with E-state index in [0.717, 1.165) is 28.9 Å². The van der Waals surface area contributed by atoms with E-state index in [4.69, 9.17) is 9.26 Å². The number of fused-ring (bicyclic) bond motifs is 1. The second-order valence-electron chi connectivity index (χ2n) is 5.61. The van der Waals surface area contributed by atoms with Crippen molar-refractivity contribution in [2.24, 2.45) is 0 Å². The summed E-state index contributed by atoms with van der Waals surface area (Å²) in [5.41, 5.74) is 3.94. The van der Waals surface area contributed by atoms with Gasteiger partial charge in [-0.25, -0.2) is 4.79 Å². The number of aromatic nitrogens is 1. The van der Waals surface area contributed by atoms with Gasteiger partial charge in [0.1, 0.15) is 5.76 Å². The Bertz CT molecular complexity index is 759. The van der Waals surface area contributed by atoms with Crippen LogP contribution in [0.2, 0.25) is 0 Å². The van der Waals surface area contributed by atoms with Crippen LogP contribution in [0.1, 0.15) is 32.9 Å². The summed E-state index contributed by atoms with van der Waals surface area (Å²) in [7, 11) is 1.36. The fraction of sp³-hybridized carbons (Fsp3) is 0.353. The maximum absolute atomic E-state index is 12.6. The van der Waals surface area contributed by atoms with Crippen molar-refractivity contribution in [3.8, 4) is 0 Å². The van der Waals surface area contributed by atoms with Gasteiger partial charge in [0.05, 0.1) is 24.8 Å². The quantitative estimate of drug-likeness (QED) is 0.812. The average molecular weight is 314 g/mol. The summed E-state index contributed by atoms with van der Waals surface area (Å²) in [6, 6.07) is 5.29. The lowest BCUT2D eigenvalue weighted by Crippen LogP contribution is -2.30. The number of hydrogen-bond acceptors (Lipinski definition) is 5. The van der Waals surface area contributed by atoms with Crippen molar-refractivity contribution in [3.05, 3.63) is 46.3 Å². The zero-order chi connectivity index (χ0) is 16.6. The fourth-order valence-corrected chi connectivity index (χ4v) is 2.91. The Morgan fingerprint density at radius 3 is 2.78 bits per heavy atom. The minimum Gasteiger partial charge on any atom is -0.465 e. The molecule has 0 atom stereocenters. The zero-order valence-corrected chi connectivity index (χ0v) is 13.4. The Morgan fingerprint density at radius 1 is 1.35 bits per heavy atom. The van der Waals surface area contributed by atoms with Gasteiger partial charge in [0, 0.05) is 17.8 Å². The lowest BCUT2D eigenvalue weighted by atomic mass is 10.1. The van der Waals surface area contributed by atoms with E-state index in [1.54, 1.807) is 23.1 Å². The molecule has 1 aromatic carbocycles. The highest BCUT2D eigenvalue weighted by atomic mass is 16.5. The van der Waals surface area contributed by atoms with Crippen molar-refractivity contribution >= 4 is 17.6 Å². The van der Waals surface area contributed by atoms with E-state index in [1.807, 2.05) is 13.8 Å². The number of amides is 1. The molecule has 2 aromatic rings. The molecule has 0 fully saturated rings. The standard InChI is InChI=1S/C17H18N2O4/c1-10-14(11(2)23-18-10)9-16(20)19-7-6-12-8-13(17(21)22-3)4-5-15(12)19/h4-5,8H,6-7,9H2,1-3H3. The summed E-state index contributed by atoms with van der Waals surface area (Å²) in [5, 5.41) is 3.88. The van der Waals surface area contributed by atoms with Crippen LogP contribution in [-0.4, -0.2) is 30.7 Å². The fourth-order valence-electron chi connectivity index (χ4n) is 2.91. The Hall–Kier alpha value is -2.63. The van der Waals surface area contributed by atoms with Crippen LogP contribution in [0.4, 0.5) is 5.69 Å². The molecule has 1 aliphatic rings. The molecule has 1 amide bonds. The molecule has 2 heterocycles. The van der Waals surface area contributed by atoms with Gasteiger partial charge < -0.3 is 14.2 Å². The predicted molar refractivity (Wildman–Crippen MR) is 83.5 cm³/mol. The van der Waals surface area contributed by atoms with E-state index in [2.05, 4.69) is 5.16 Å². The summed E-state index contributed by atoms with van der Waals surface area (Å²) in [6.07, 6.45) is 0.993. The van der Waals surface area contributed by atoms with E-state index < -0.39 is 0 Å². The maximum Gasteiger partial charge on any atom is 0.337 e. The molecular formula is C17H18N2O4. The van der Waals surface area contributed by atoms with Gasteiger partial charge >= 0.3 is 5.97 Å². The third kappa shape index (κ3) is 2.72. The van der Waals surface area contributed by atoms with Crippen LogP contribution >= 0.6 is 0 Å². The van der Waals surface area contributed by atoms with Crippen molar-refractivity contribution < 1.29 is 18.8 Å². The largest absolute Gasteiger partial charge is 0.465 e. The maximum atomic E-state index is 12.6. The van der Waals surface area contributed by atoms with Crippen molar-refractivity contribution in [2.45, 2.75) is 26.7 Å². The minimum absolute atomic E-state index is 0.00367. The van der Waals surface area contributed by atoms with Crippen LogP contribution in [0.5, 0.6) is 0 Å². The number of benzene rings is 1. The average Bonchev–Trinajstić information content (AvgIpc) is 3.11. The predicted octanol–water partition coefficient (Wildman–Crippen LogP) is 2.21. The highest BCUT2D eigenvalue weighted by molar-refractivity contribution is 5.98. The van der Waals surface area contributed by atoms with Crippen LogP contribution in [0.15, 0.2) is 22.7 Å². The van der Waals surface area contributed by atoms with Gasteiger partial charge in [0.25, 0.3) is 0 Å². The number of ether oxygens (including phenoxy) is 1. The van der Waals surface area contributed by atoms with Crippen molar-refractivity contribution in [3.63, 3.8) is 0 Å². The zero-order valence-electron chi connectivity index (χ0n) is 13.4. The second-order valence-corrected chi connectivity index (χ2v) is 5.61. The lowest BCUT2D eigenvalue weighted by Gasteiger charge is -2.17. The first-order chi connectivity index (χ1) is 11.0. The lowest BCUT2D eigenvalue weighted by molar-refractivity contribution is -0.117. The molecule has 0 spiro atoms. The number of carbonyl (C=O) groups is 2. The summed E-state index contributed by atoms with van der Waals surface area (Å²) in [4.78, 5) is 26.0. The molecule has 0 unspecified atom stereocenters. The minimum atomic E-state index is -0.367. The molecule has 1 aliphatic heterocycles. The third-order valence-electron chi connectivity index (χ3n) is 4.21. The number of rotatable bonds is 3. The molecule has 3 rings (SSSR count). The van der Waals surface area contributed by atoms with Gasteiger partial charge in [-0.05, 0) is 44.0 Å². The normalized spacial score (nSPS) is 13.1. The highest BCUT2D eigenvalue weighted by Gasteiger charge is 2.27. The van der Waals surface area contributed by atoms with Crippen molar-refractivity contribution in [1.29, 1.82) is 0 Å². The molecule has 120 valence electrons. The SMILES string of the molecule is COC(=O)c1ccc2c(c1)CCN2C(=O)Cc1c(C)noc1C. The summed E-state index contributed by atoms with van der Waals surface area (Å²) >= 11 is 0. The Balaban J connectivity index is 1.82. The molecule has 1 aromatic heterocycles. The Morgan fingerprint density at radius 2 is 2.13 bits per heavy atom. The van der Waals surface area contributed by atoms with Crippen molar-refractivity contribution in [1.82, 2.24) is 5.16 Å². The van der Waals surface area contributed by atoms with Crippen LogP contribution < -0.4 is 4.90 Å². The third-order valence-corrected chi connectivity index (χ3v) is 4.21. The van der Waals surface area contributed by atoms with Crippen LogP contribution in [0.3, 0.4) is 0 Å². The summed E-state index contributed by atoms with van der Waals surface area (Å²) < 4.78 is 9.84. The van der Waals surface area contributed by atoms with Crippen molar-refractivity contribution in [2.75, 3.05) is 18.6 Å². The van der Waals surface area contributed by atoms with E-state index in [1.165, 1.54) is 7.11 Å². The van der Waals surface area contributed by atoms with Crippen LogP contribution in [0.25, 0.3) is 0 Å². The number of nitrogens with zero attached hydrogens (tertiary/aromatic N) is 2. The first-order valence-electron chi connectivity index (χ1n) is 7.44. The van der Waals surface area contributed by atoms with E-state index in [9.17, 15) is 9.59 Å². The smallest absolute Gasteiger partial charge is 0.337 e. The van der Waals surface area contributed by atoms with E-state index in [-0.39, 0.29) is 18.3 Å². The van der Waals surface area contributed by atoms with E-state index >= 15 is 0 Å². The van der Waals surface area contributed by atoms with Gasteiger partial charge in [-0.3, -0.25) is 4.79 Å².